The van der Waals surface area contributed by atoms with Crippen molar-refractivity contribution in [1.82, 2.24) is 15.0 Å². The highest BCUT2D eigenvalue weighted by Crippen LogP contribution is 2.26. The number of rotatable bonds is 4. The molecule has 2 aromatic carbocycles. The van der Waals surface area contributed by atoms with Gasteiger partial charge >= 0.3 is 7.12 Å². The summed E-state index contributed by atoms with van der Waals surface area (Å²) in [5, 5.41) is 18.9. The molecule has 0 bridgehead atoms. The molecular weight excluding hydrogens is 337 g/mol. The molecular formula is C21H16BN3O2. The van der Waals surface area contributed by atoms with E-state index in [2.05, 4.69) is 9.97 Å². The van der Waals surface area contributed by atoms with E-state index in [1.54, 1.807) is 24.4 Å². The van der Waals surface area contributed by atoms with Crippen molar-refractivity contribution >= 4 is 12.6 Å². The second-order valence-corrected chi connectivity index (χ2v) is 6.04. The second kappa shape index (κ2) is 7.49. The molecule has 0 saturated carbocycles. The van der Waals surface area contributed by atoms with Gasteiger partial charge in [0, 0.05) is 11.8 Å². The van der Waals surface area contributed by atoms with E-state index in [0.29, 0.717) is 22.7 Å². The number of nitrogens with zero attached hydrogens (tertiary/aromatic N) is 3. The molecule has 27 heavy (non-hydrogen) atoms. The third-order valence-electron chi connectivity index (χ3n) is 4.17. The van der Waals surface area contributed by atoms with Gasteiger partial charge in [-0.05, 0) is 29.2 Å². The molecule has 5 nitrogen and oxygen atoms in total. The lowest BCUT2D eigenvalue weighted by molar-refractivity contribution is 0.426. The fourth-order valence-electron chi connectivity index (χ4n) is 2.82. The van der Waals surface area contributed by atoms with Crippen molar-refractivity contribution in [1.29, 1.82) is 0 Å². The monoisotopic (exact) mass is 353 g/mol. The molecule has 0 aliphatic rings. The zero-order valence-corrected chi connectivity index (χ0v) is 14.4. The first-order valence-corrected chi connectivity index (χ1v) is 8.53. The minimum atomic E-state index is -1.53. The molecule has 0 aliphatic heterocycles. The van der Waals surface area contributed by atoms with Gasteiger partial charge in [0.05, 0.1) is 17.1 Å². The quantitative estimate of drug-likeness (QED) is 0.552. The van der Waals surface area contributed by atoms with E-state index in [0.717, 1.165) is 16.8 Å². The number of pyridine rings is 1. The van der Waals surface area contributed by atoms with E-state index in [9.17, 15) is 10.0 Å². The number of hydrogen-bond donors (Lipinski definition) is 2. The summed E-state index contributed by atoms with van der Waals surface area (Å²) in [6.45, 7) is 0. The van der Waals surface area contributed by atoms with E-state index in [1.807, 2.05) is 60.7 Å². The molecule has 4 rings (SSSR count). The standard InChI is InChI=1S/C21H16BN3O2/c26-22(27)17-10-6-9-16(13-17)19-14-20(18-11-4-5-12-23-18)25-21(24-19)15-7-2-1-3-8-15/h1-14,26-27H. The van der Waals surface area contributed by atoms with Crippen molar-refractivity contribution in [3.63, 3.8) is 0 Å². The Labute approximate surface area is 157 Å². The average Bonchev–Trinajstić information content (AvgIpc) is 2.75. The lowest BCUT2D eigenvalue weighted by Crippen LogP contribution is -2.29. The van der Waals surface area contributed by atoms with Crippen LogP contribution in [0.25, 0.3) is 34.0 Å². The van der Waals surface area contributed by atoms with Gasteiger partial charge in [0.15, 0.2) is 5.82 Å². The molecule has 0 unspecified atom stereocenters. The topological polar surface area (TPSA) is 79.1 Å². The summed E-state index contributed by atoms with van der Waals surface area (Å²) < 4.78 is 0. The number of aromatic nitrogens is 3. The van der Waals surface area contributed by atoms with Crippen LogP contribution < -0.4 is 5.46 Å². The molecule has 0 saturated heterocycles. The van der Waals surface area contributed by atoms with Gasteiger partial charge in [0.2, 0.25) is 0 Å². The molecule has 6 heteroatoms. The molecule has 0 amide bonds. The smallest absolute Gasteiger partial charge is 0.423 e. The van der Waals surface area contributed by atoms with Gasteiger partial charge in [-0.15, -0.1) is 0 Å². The van der Waals surface area contributed by atoms with E-state index < -0.39 is 7.12 Å². The van der Waals surface area contributed by atoms with E-state index in [1.165, 1.54) is 0 Å². The fraction of sp³-hybridized carbons (Fsp3) is 0. The Morgan fingerprint density at radius 3 is 2.11 bits per heavy atom. The third kappa shape index (κ3) is 3.77. The van der Waals surface area contributed by atoms with Crippen LogP contribution in [0.5, 0.6) is 0 Å². The number of benzene rings is 2. The van der Waals surface area contributed by atoms with Crippen LogP contribution in [-0.4, -0.2) is 32.1 Å². The van der Waals surface area contributed by atoms with Crippen LogP contribution in [0.4, 0.5) is 0 Å². The van der Waals surface area contributed by atoms with Crippen molar-refractivity contribution in [2.75, 3.05) is 0 Å². The fourth-order valence-corrected chi connectivity index (χ4v) is 2.82. The normalized spacial score (nSPS) is 10.6. The average molecular weight is 353 g/mol. The van der Waals surface area contributed by atoms with Crippen molar-refractivity contribution in [3.05, 3.63) is 85.1 Å². The van der Waals surface area contributed by atoms with Gasteiger partial charge in [-0.2, -0.15) is 0 Å². The van der Waals surface area contributed by atoms with Crippen LogP contribution in [0.1, 0.15) is 0 Å². The van der Waals surface area contributed by atoms with Crippen LogP contribution in [-0.2, 0) is 0 Å². The van der Waals surface area contributed by atoms with Crippen LogP contribution >= 0.6 is 0 Å². The highest BCUT2D eigenvalue weighted by molar-refractivity contribution is 6.58. The van der Waals surface area contributed by atoms with E-state index >= 15 is 0 Å². The first-order chi connectivity index (χ1) is 13.2. The highest BCUT2D eigenvalue weighted by atomic mass is 16.4. The SMILES string of the molecule is OB(O)c1cccc(-c2cc(-c3ccccn3)nc(-c3ccccc3)n2)c1. The van der Waals surface area contributed by atoms with Gasteiger partial charge in [0.25, 0.3) is 0 Å². The Kier molecular flexibility index (Phi) is 4.74. The van der Waals surface area contributed by atoms with Gasteiger partial charge in [-0.25, -0.2) is 9.97 Å². The van der Waals surface area contributed by atoms with Crippen LogP contribution in [0.15, 0.2) is 85.1 Å². The zero-order chi connectivity index (χ0) is 18.6. The maximum atomic E-state index is 9.47. The van der Waals surface area contributed by atoms with E-state index in [-0.39, 0.29) is 0 Å². The molecule has 2 N–H and O–H groups in total. The predicted molar refractivity (Wildman–Crippen MR) is 106 cm³/mol. The largest absolute Gasteiger partial charge is 0.488 e. The summed E-state index contributed by atoms with van der Waals surface area (Å²) in [6, 6.07) is 24.3. The summed E-state index contributed by atoms with van der Waals surface area (Å²) in [5.74, 6) is 0.587. The first kappa shape index (κ1) is 17.1. The lowest BCUT2D eigenvalue weighted by Gasteiger charge is -2.09. The lowest BCUT2D eigenvalue weighted by atomic mass is 9.79. The summed E-state index contributed by atoms with van der Waals surface area (Å²) in [5.41, 5.74) is 4.22. The van der Waals surface area contributed by atoms with Crippen molar-refractivity contribution < 1.29 is 10.0 Å². The van der Waals surface area contributed by atoms with E-state index in [4.69, 9.17) is 4.98 Å². The Morgan fingerprint density at radius 2 is 1.37 bits per heavy atom. The Bertz CT molecular complexity index is 999. The molecule has 2 aromatic heterocycles. The van der Waals surface area contributed by atoms with Gasteiger partial charge in [-0.1, -0.05) is 60.7 Å². The Morgan fingerprint density at radius 1 is 0.630 bits per heavy atom. The molecule has 0 aliphatic carbocycles. The summed E-state index contributed by atoms with van der Waals surface area (Å²) in [7, 11) is -1.53. The van der Waals surface area contributed by atoms with Crippen LogP contribution in [0.3, 0.4) is 0 Å². The molecule has 130 valence electrons. The van der Waals surface area contributed by atoms with Crippen molar-refractivity contribution in [2.45, 2.75) is 0 Å². The van der Waals surface area contributed by atoms with Gasteiger partial charge < -0.3 is 10.0 Å². The Balaban J connectivity index is 1.90. The third-order valence-corrected chi connectivity index (χ3v) is 4.17. The molecule has 0 spiro atoms. The highest BCUT2D eigenvalue weighted by Gasteiger charge is 2.14. The first-order valence-electron chi connectivity index (χ1n) is 8.53. The molecule has 0 fully saturated rings. The van der Waals surface area contributed by atoms with Crippen molar-refractivity contribution in [3.8, 4) is 34.0 Å². The summed E-state index contributed by atoms with van der Waals surface area (Å²) >= 11 is 0. The second-order valence-electron chi connectivity index (χ2n) is 6.04. The van der Waals surface area contributed by atoms with Crippen LogP contribution in [0.2, 0.25) is 0 Å². The minimum absolute atomic E-state index is 0.409. The molecule has 0 radical (unpaired) electrons. The Hall–Kier alpha value is -3.35. The van der Waals surface area contributed by atoms with Crippen LogP contribution in [0, 0.1) is 0 Å². The maximum absolute atomic E-state index is 9.47. The molecule has 0 atom stereocenters. The minimum Gasteiger partial charge on any atom is -0.423 e. The van der Waals surface area contributed by atoms with Gasteiger partial charge in [-0.3, -0.25) is 4.98 Å². The molecule has 4 aromatic rings. The summed E-state index contributed by atoms with van der Waals surface area (Å²) in [4.78, 5) is 13.8. The predicted octanol–water partition coefficient (Wildman–Crippen LogP) is 2.55. The zero-order valence-electron chi connectivity index (χ0n) is 14.4. The maximum Gasteiger partial charge on any atom is 0.488 e. The number of hydrogen-bond acceptors (Lipinski definition) is 5. The molecule has 2 heterocycles. The summed E-state index contributed by atoms with van der Waals surface area (Å²) in [6.07, 6.45) is 1.72. The van der Waals surface area contributed by atoms with Crippen molar-refractivity contribution in [2.24, 2.45) is 0 Å². The van der Waals surface area contributed by atoms with Gasteiger partial charge in [0.1, 0.15) is 0 Å².